The molecule has 7 heteroatoms. The first-order valence-electron chi connectivity index (χ1n) is 9.36. The predicted molar refractivity (Wildman–Crippen MR) is 97.9 cm³/mol. The number of likely N-dealkylation sites (tertiary alicyclic amines) is 1. The molecule has 0 spiro atoms. The zero-order chi connectivity index (χ0) is 17.7. The molecule has 3 aliphatic rings. The molecule has 1 aromatic heterocycles. The van der Waals surface area contributed by atoms with Gasteiger partial charge < -0.3 is 9.88 Å². The van der Waals surface area contributed by atoms with Gasteiger partial charge in [-0.2, -0.15) is 0 Å². The Bertz CT molecular complexity index is 846. The third-order valence-corrected chi connectivity index (χ3v) is 6.18. The molecule has 5 rings (SSSR count). The highest BCUT2D eigenvalue weighted by Crippen LogP contribution is 2.34. The summed E-state index contributed by atoms with van der Waals surface area (Å²) in [5.41, 5.74) is 1.18. The molecule has 1 saturated carbocycles. The Kier molecular flexibility index (Phi) is 3.98. The molecule has 0 bridgehead atoms. The summed E-state index contributed by atoms with van der Waals surface area (Å²) < 4.78 is 2.04. The minimum absolute atomic E-state index is 0.0735. The number of carbonyl (C=O) groups is 1. The molecule has 136 valence electrons. The van der Waals surface area contributed by atoms with Gasteiger partial charge in [0.2, 0.25) is 5.82 Å². The average molecular weight is 372 g/mol. The van der Waals surface area contributed by atoms with E-state index in [1.54, 1.807) is 0 Å². The van der Waals surface area contributed by atoms with E-state index >= 15 is 0 Å². The second-order valence-electron chi connectivity index (χ2n) is 7.81. The predicted octanol–water partition coefficient (Wildman–Crippen LogP) is 2.13. The van der Waals surface area contributed by atoms with Crippen molar-refractivity contribution in [1.29, 1.82) is 0 Å². The Labute approximate surface area is 157 Å². The minimum Gasteiger partial charge on any atom is -0.347 e. The number of benzene rings is 1. The molecule has 6 nitrogen and oxygen atoms in total. The van der Waals surface area contributed by atoms with E-state index in [2.05, 4.69) is 26.5 Å². The first kappa shape index (κ1) is 16.3. The summed E-state index contributed by atoms with van der Waals surface area (Å²) in [5.74, 6) is 2.47. The number of hydrogen-bond acceptors (Lipinski definition) is 4. The van der Waals surface area contributed by atoms with Crippen molar-refractivity contribution in [3.05, 3.63) is 46.5 Å². The molecular formula is C19H22ClN5O. The van der Waals surface area contributed by atoms with Crippen molar-refractivity contribution in [2.45, 2.75) is 38.4 Å². The molecule has 2 aromatic rings. The van der Waals surface area contributed by atoms with Crippen LogP contribution in [0.4, 0.5) is 0 Å². The summed E-state index contributed by atoms with van der Waals surface area (Å²) in [6, 6.07) is 8.39. The molecule has 1 aromatic carbocycles. The lowest BCUT2D eigenvalue weighted by Crippen LogP contribution is -2.33. The fraction of sp³-hybridized carbons (Fsp3) is 0.526. The zero-order valence-electron chi connectivity index (χ0n) is 14.6. The van der Waals surface area contributed by atoms with Gasteiger partial charge >= 0.3 is 0 Å². The van der Waals surface area contributed by atoms with Crippen LogP contribution in [0.5, 0.6) is 0 Å². The fourth-order valence-electron chi connectivity index (χ4n) is 4.26. The van der Waals surface area contributed by atoms with Crippen molar-refractivity contribution in [2.24, 2.45) is 11.8 Å². The average Bonchev–Trinajstić information content (AvgIpc) is 3.20. The first-order chi connectivity index (χ1) is 12.7. The number of amides is 1. The van der Waals surface area contributed by atoms with Gasteiger partial charge in [-0.1, -0.05) is 29.8 Å². The van der Waals surface area contributed by atoms with Crippen molar-refractivity contribution < 1.29 is 4.79 Å². The van der Waals surface area contributed by atoms with E-state index in [0.717, 1.165) is 56.3 Å². The van der Waals surface area contributed by atoms with E-state index in [9.17, 15) is 4.79 Å². The molecule has 0 radical (unpaired) electrons. The largest absolute Gasteiger partial charge is 0.347 e. The number of halogens is 1. The summed E-state index contributed by atoms with van der Waals surface area (Å²) in [6.07, 6.45) is 3.05. The number of fused-ring (bicyclic) bond motifs is 2. The molecule has 1 saturated heterocycles. The zero-order valence-corrected chi connectivity index (χ0v) is 15.3. The molecule has 2 unspecified atom stereocenters. The molecule has 2 atom stereocenters. The number of nitrogens with one attached hydrogen (secondary N) is 1. The first-order valence-corrected chi connectivity index (χ1v) is 9.74. The summed E-state index contributed by atoms with van der Waals surface area (Å²) in [6.45, 7) is 3.78. The van der Waals surface area contributed by atoms with Gasteiger partial charge in [0.1, 0.15) is 5.82 Å². The third-order valence-electron chi connectivity index (χ3n) is 5.81. The van der Waals surface area contributed by atoms with E-state index in [1.807, 2.05) is 22.8 Å². The normalized spacial score (nSPS) is 25.0. The van der Waals surface area contributed by atoms with Crippen LogP contribution in [0.1, 0.15) is 34.8 Å². The Morgan fingerprint density at radius 1 is 1.15 bits per heavy atom. The lowest BCUT2D eigenvalue weighted by atomic mass is 9.89. The Morgan fingerprint density at radius 2 is 1.96 bits per heavy atom. The molecule has 1 aliphatic carbocycles. The van der Waals surface area contributed by atoms with Crippen molar-refractivity contribution in [2.75, 3.05) is 13.1 Å². The van der Waals surface area contributed by atoms with Crippen LogP contribution in [0.25, 0.3) is 0 Å². The lowest BCUT2D eigenvalue weighted by molar-refractivity contribution is 0.0932. The minimum atomic E-state index is -0.0735. The van der Waals surface area contributed by atoms with Crippen LogP contribution in [0.15, 0.2) is 24.3 Å². The summed E-state index contributed by atoms with van der Waals surface area (Å²) >= 11 is 6.32. The Morgan fingerprint density at radius 3 is 2.77 bits per heavy atom. The maximum absolute atomic E-state index is 12.4. The molecule has 3 heterocycles. The van der Waals surface area contributed by atoms with Gasteiger partial charge in [0, 0.05) is 43.7 Å². The molecule has 1 amide bonds. The number of hydrogen-bond donors (Lipinski definition) is 1. The van der Waals surface area contributed by atoms with Gasteiger partial charge in [0.15, 0.2) is 0 Å². The third kappa shape index (κ3) is 3.01. The van der Waals surface area contributed by atoms with Crippen LogP contribution in [-0.2, 0) is 19.5 Å². The van der Waals surface area contributed by atoms with Crippen molar-refractivity contribution in [1.82, 2.24) is 25.0 Å². The van der Waals surface area contributed by atoms with Crippen LogP contribution in [0.3, 0.4) is 0 Å². The fourth-order valence-corrected chi connectivity index (χ4v) is 4.46. The second-order valence-corrected chi connectivity index (χ2v) is 8.22. The van der Waals surface area contributed by atoms with Crippen molar-refractivity contribution >= 4 is 17.5 Å². The number of rotatable bonds is 4. The van der Waals surface area contributed by atoms with Gasteiger partial charge in [-0.15, -0.1) is 10.2 Å². The summed E-state index contributed by atoms with van der Waals surface area (Å²) in [7, 11) is 0. The molecule has 26 heavy (non-hydrogen) atoms. The second kappa shape index (κ2) is 6.35. The highest BCUT2D eigenvalue weighted by atomic mass is 35.5. The maximum Gasteiger partial charge on any atom is 0.289 e. The molecular weight excluding hydrogens is 350 g/mol. The molecule has 1 N–H and O–H groups in total. The van der Waals surface area contributed by atoms with Crippen LogP contribution in [0.2, 0.25) is 5.02 Å². The van der Waals surface area contributed by atoms with E-state index in [0.29, 0.717) is 23.7 Å². The Balaban J connectivity index is 1.29. The molecule has 2 aliphatic heterocycles. The summed E-state index contributed by atoms with van der Waals surface area (Å²) in [5, 5.41) is 12.3. The van der Waals surface area contributed by atoms with E-state index < -0.39 is 0 Å². The number of nitrogens with zero attached hydrogens (tertiary/aromatic N) is 4. The summed E-state index contributed by atoms with van der Waals surface area (Å²) in [4.78, 5) is 14.9. The van der Waals surface area contributed by atoms with Crippen molar-refractivity contribution in [3.8, 4) is 0 Å². The maximum atomic E-state index is 12.4. The number of carbonyl (C=O) groups excluding carboxylic acids is 1. The SMILES string of the molecule is O=C(NC1CC1)c1nnc2n1CC1CN(Cc3ccccc3Cl)CC1C2. The highest BCUT2D eigenvalue weighted by molar-refractivity contribution is 6.31. The number of aromatic nitrogens is 3. The van der Waals surface area contributed by atoms with Gasteiger partial charge in [0.25, 0.3) is 5.91 Å². The van der Waals surface area contributed by atoms with Gasteiger partial charge in [-0.25, -0.2) is 0 Å². The quantitative estimate of drug-likeness (QED) is 0.894. The van der Waals surface area contributed by atoms with Gasteiger partial charge in [-0.05, 0) is 36.3 Å². The smallest absolute Gasteiger partial charge is 0.289 e. The Hall–Kier alpha value is -1.92. The topological polar surface area (TPSA) is 63.1 Å². The van der Waals surface area contributed by atoms with Crippen LogP contribution in [-0.4, -0.2) is 44.7 Å². The monoisotopic (exact) mass is 371 g/mol. The van der Waals surface area contributed by atoms with Gasteiger partial charge in [0.05, 0.1) is 0 Å². The van der Waals surface area contributed by atoms with Crippen LogP contribution < -0.4 is 5.32 Å². The standard InChI is InChI=1S/C19H22ClN5O/c20-16-4-2-1-3-12(16)8-24-9-13-7-17-22-23-18(19(26)21-15-5-6-15)25(17)11-14(13)10-24/h1-4,13-15H,5-11H2,(H,21,26). The van der Waals surface area contributed by atoms with Crippen LogP contribution in [0, 0.1) is 11.8 Å². The van der Waals surface area contributed by atoms with E-state index in [4.69, 9.17) is 11.6 Å². The van der Waals surface area contributed by atoms with Crippen LogP contribution >= 0.6 is 11.6 Å². The van der Waals surface area contributed by atoms with Gasteiger partial charge in [-0.3, -0.25) is 9.69 Å². The van der Waals surface area contributed by atoms with E-state index in [-0.39, 0.29) is 5.91 Å². The van der Waals surface area contributed by atoms with Crippen molar-refractivity contribution in [3.63, 3.8) is 0 Å². The highest BCUT2D eigenvalue weighted by Gasteiger charge is 2.39. The van der Waals surface area contributed by atoms with E-state index in [1.165, 1.54) is 5.56 Å². The lowest BCUT2D eigenvalue weighted by Gasteiger charge is -2.25. The molecule has 2 fully saturated rings.